The van der Waals surface area contributed by atoms with E-state index >= 15 is 0 Å². The average molecular weight is 495 g/mol. The van der Waals surface area contributed by atoms with Crippen LogP contribution in [0.1, 0.15) is 46.3 Å². The predicted octanol–water partition coefficient (Wildman–Crippen LogP) is 9.12. The van der Waals surface area contributed by atoms with Gasteiger partial charge in [-0.1, -0.05) is 115 Å². The van der Waals surface area contributed by atoms with Crippen LogP contribution in [0.3, 0.4) is 0 Å². The molecule has 0 N–H and O–H groups in total. The van der Waals surface area contributed by atoms with E-state index in [9.17, 15) is 4.79 Å². The molecule has 0 heterocycles. The third-order valence-corrected chi connectivity index (χ3v) is 7.55. The Kier molecular flexibility index (Phi) is 6.87. The van der Waals surface area contributed by atoms with Gasteiger partial charge in [-0.15, -0.1) is 0 Å². The van der Waals surface area contributed by atoms with Gasteiger partial charge in [0, 0.05) is 10.9 Å². The number of carbonyl (C=O) groups is 1. The van der Waals surface area contributed by atoms with Crippen LogP contribution in [0.25, 0.3) is 27.1 Å². The Morgan fingerprint density at radius 2 is 1.50 bits per heavy atom. The zero-order chi connectivity index (χ0) is 25.7. The van der Waals surface area contributed by atoms with Crippen molar-refractivity contribution < 1.29 is 9.53 Å². The summed E-state index contributed by atoms with van der Waals surface area (Å²) < 4.78 is 6.27. The second-order valence-electron chi connectivity index (χ2n) is 9.86. The van der Waals surface area contributed by atoms with Gasteiger partial charge < -0.3 is 4.74 Å². The Morgan fingerprint density at radius 3 is 2.39 bits per heavy atom. The lowest BCUT2D eigenvalue weighted by molar-refractivity contribution is 0.112. The van der Waals surface area contributed by atoms with E-state index in [4.69, 9.17) is 4.74 Å². The number of hydrogen-bond donors (Lipinski definition) is 0. The number of fused-ring (bicyclic) bond motifs is 5. The summed E-state index contributed by atoms with van der Waals surface area (Å²) in [5, 5.41) is 4.71. The molecule has 2 nitrogen and oxygen atoms in total. The molecule has 0 radical (unpaired) electrons. The van der Waals surface area contributed by atoms with Gasteiger partial charge >= 0.3 is 0 Å². The smallest absolute Gasteiger partial charge is 0.150 e. The minimum absolute atomic E-state index is 0.609. The van der Waals surface area contributed by atoms with Gasteiger partial charge in [-0.25, -0.2) is 0 Å². The Hall–Kier alpha value is -4.43. The van der Waals surface area contributed by atoms with Crippen LogP contribution in [-0.4, -0.2) is 6.29 Å². The highest BCUT2D eigenvalue weighted by atomic mass is 16.5. The molecular formula is C36H30O2. The summed E-state index contributed by atoms with van der Waals surface area (Å²) >= 11 is 0. The molecule has 2 aliphatic rings. The molecule has 0 unspecified atom stereocenters. The van der Waals surface area contributed by atoms with E-state index in [2.05, 4.69) is 66.7 Å². The van der Waals surface area contributed by atoms with Crippen molar-refractivity contribution in [2.45, 2.75) is 32.3 Å². The minimum atomic E-state index is 0.609. The van der Waals surface area contributed by atoms with Crippen molar-refractivity contribution in [3.8, 4) is 5.75 Å². The Morgan fingerprint density at radius 1 is 0.711 bits per heavy atom. The van der Waals surface area contributed by atoms with E-state index < -0.39 is 0 Å². The maximum atomic E-state index is 10.6. The molecular weight excluding hydrogens is 464 g/mol. The van der Waals surface area contributed by atoms with Crippen molar-refractivity contribution in [2.75, 3.05) is 0 Å². The van der Waals surface area contributed by atoms with E-state index in [1.54, 1.807) is 5.57 Å². The first-order valence-corrected chi connectivity index (χ1v) is 13.3. The lowest BCUT2D eigenvalue weighted by Crippen LogP contribution is -2.08. The van der Waals surface area contributed by atoms with Crippen LogP contribution in [0.2, 0.25) is 0 Å². The lowest BCUT2D eigenvalue weighted by Gasteiger charge is -2.26. The summed E-state index contributed by atoms with van der Waals surface area (Å²) in [6, 6.07) is 35.0. The van der Waals surface area contributed by atoms with Crippen LogP contribution in [0.15, 0.2) is 121 Å². The highest BCUT2D eigenvalue weighted by molar-refractivity contribution is 5.98. The average Bonchev–Trinajstić information content (AvgIpc) is 3.00. The monoisotopic (exact) mass is 494 g/mol. The highest BCUT2D eigenvalue weighted by Crippen LogP contribution is 2.42. The van der Waals surface area contributed by atoms with Crippen LogP contribution in [0, 0.1) is 0 Å². The lowest BCUT2D eigenvalue weighted by atomic mass is 9.79. The van der Waals surface area contributed by atoms with Crippen LogP contribution in [-0.2, 0) is 13.0 Å². The summed E-state index contributed by atoms with van der Waals surface area (Å²) in [5.74, 6) is 1.01. The number of hydrogen-bond acceptors (Lipinski definition) is 2. The van der Waals surface area contributed by atoms with Gasteiger partial charge in [0.05, 0.1) is 0 Å². The molecule has 5 aromatic rings. The number of aldehydes is 1. The molecule has 0 amide bonds. The third kappa shape index (κ3) is 4.78. The standard InChI is InChI=1S/C25H22O.C11H8O/c1-2-7-18(8-3-1)17-26-24-12-6-10-20-14-15-22-21-11-5-4-9-19(21)13-16-23(22)25(20)24;12-8-10-6-3-5-9-4-1-2-7-11(9)10/h1-3,5-8,10-12,14-15H,4,9,13,16-17H2;1-8H. The molecule has 7 rings (SSSR count). The van der Waals surface area contributed by atoms with Crippen LogP contribution in [0.4, 0.5) is 0 Å². The van der Waals surface area contributed by atoms with Gasteiger partial charge in [-0.3, -0.25) is 4.79 Å². The van der Waals surface area contributed by atoms with Crippen molar-refractivity contribution in [2.24, 2.45) is 0 Å². The topological polar surface area (TPSA) is 26.3 Å². The first-order valence-electron chi connectivity index (χ1n) is 13.3. The Bertz CT molecular complexity index is 1670. The third-order valence-electron chi connectivity index (χ3n) is 7.55. The zero-order valence-corrected chi connectivity index (χ0v) is 21.4. The Labute approximate surface area is 223 Å². The molecule has 2 heteroatoms. The molecule has 0 fully saturated rings. The number of benzene rings is 5. The quantitative estimate of drug-likeness (QED) is 0.233. The second kappa shape index (κ2) is 10.9. The maximum Gasteiger partial charge on any atom is 0.150 e. The molecule has 0 spiro atoms. The van der Waals surface area contributed by atoms with Crippen molar-refractivity contribution in [3.63, 3.8) is 0 Å². The van der Waals surface area contributed by atoms with Gasteiger partial charge in [0.1, 0.15) is 12.4 Å². The van der Waals surface area contributed by atoms with Crippen LogP contribution in [0.5, 0.6) is 5.75 Å². The molecule has 0 saturated carbocycles. The first-order chi connectivity index (χ1) is 18.8. The fourth-order valence-electron chi connectivity index (χ4n) is 5.67. The SMILES string of the molecule is C1=CC2=C(CC1)CCc1c2ccc2cccc(OCc3ccccc3)c12.O=Cc1cccc2ccccc12. The molecule has 0 aromatic heterocycles. The van der Waals surface area contributed by atoms with Gasteiger partial charge in [0.25, 0.3) is 0 Å². The first kappa shape index (κ1) is 23.9. The minimum Gasteiger partial charge on any atom is -0.488 e. The molecule has 0 aliphatic heterocycles. The van der Waals surface area contributed by atoms with Crippen molar-refractivity contribution >= 4 is 33.4 Å². The predicted molar refractivity (Wildman–Crippen MR) is 158 cm³/mol. The fourth-order valence-corrected chi connectivity index (χ4v) is 5.67. The summed E-state index contributed by atoms with van der Waals surface area (Å²) in [7, 11) is 0. The fraction of sp³-hybridized carbons (Fsp3) is 0.139. The van der Waals surface area contributed by atoms with E-state index in [0.717, 1.165) is 34.8 Å². The van der Waals surface area contributed by atoms with Gasteiger partial charge in [0.15, 0.2) is 6.29 Å². The van der Waals surface area contributed by atoms with Crippen molar-refractivity contribution in [1.82, 2.24) is 0 Å². The number of carbonyl (C=O) groups excluding carboxylic acids is 1. The molecule has 38 heavy (non-hydrogen) atoms. The van der Waals surface area contributed by atoms with Crippen LogP contribution >= 0.6 is 0 Å². The normalized spacial score (nSPS) is 13.9. The van der Waals surface area contributed by atoms with Crippen LogP contribution < -0.4 is 4.74 Å². The van der Waals surface area contributed by atoms with E-state index in [1.807, 2.05) is 48.5 Å². The van der Waals surface area contributed by atoms with Gasteiger partial charge in [-0.05, 0) is 70.2 Å². The van der Waals surface area contributed by atoms with E-state index in [1.165, 1.54) is 52.3 Å². The van der Waals surface area contributed by atoms with Crippen molar-refractivity contribution in [1.29, 1.82) is 0 Å². The molecule has 0 bridgehead atoms. The summed E-state index contributed by atoms with van der Waals surface area (Å²) in [4.78, 5) is 10.6. The number of ether oxygens (including phenoxy) is 1. The summed E-state index contributed by atoms with van der Waals surface area (Å²) in [6.07, 6.45) is 10.2. The molecule has 2 aliphatic carbocycles. The molecule has 5 aromatic carbocycles. The van der Waals surface area contributed by atoms with Crippen molar-refractivity contribution in [3.05, 3.63) is 143 Å². The molecule has 0 saturated heterocycles. The summed E-state index contributed by atoms with van der Waals surface area (Å²) in [6.45, 7) is 0.609. The molecule has 0 atom stereocenters. The summed E-state index contributed by atoms with van der Waals surface area (Å²) in [5.41, 5.74) is 7.91. The second-order valence-corrected chi connectivity index (χ2v) is 9.86. The largest absolute Gasteiger partial charge is 0.488 e. The Balaban J connectivity index is 0.000000184. The highest BCUT2D eigenvalue weighted by Gasteiger charge is 2.22. The molecule has 186 valence electrons. The van der Waals surface area contributed by atoms with E-state index in [-0.39, 0.29) is 0 Å². The van der Waals surface area contributed by atoms with E-state index in [0.29, 0.717) is 6.61 Å². The zero-order valence-electron chi connectivity index (χ0n) is 21.4. The van der Waals surface area contributed by atoms with Gasteiger partial charge in [0.2, 0.25) is 0 Å². The van der Waals surface area contributed by atoms with Gasteiger partial charge in [-0.2, -0.15) is 0 Å². The number of aryl methyl sites for hydroxylation is 1. The maximum absolute atomic E-state index is 10.6. The number of rotatable bonds is 4. The number of allylic oxidation sites excluding steroid dienone is 4.